The zero-order valence-electron chi connectivity index (χ0n) is 15.1. The molecule has 2 aromatic carbocycles. The molecule has 7 heteroatoms. The number of hydrogen-bond acceptors (Lipinski definition) is 5. The Kier molecular flexibility index (Phi) is 5.92. The molecule has 2 amide bonds. The third-order valence-corrected chi connectivity index (χ3v) is 5.30. The molecule has 0 saturated carbocycles. The average Bonchev–Trinajstić information content (AvgIpc) is 2.91. The van der Waals surface area contributed by atoms with Crippen molar-refractivity contribution in [2.45, 2.75) is 20.0 Å². The van der Waals surface area contributed by atoms with Crippen molar-refractivity contribution in [3.63, 3.8) is 0 Å². The van der Waals surface area contributed by atoms with E-state index in [0.29, 0.717) is 22.1 Å². The molecule has 0 radical (unpaired) electrons. The monoisotopic (exact) mass is 447 g/mol. The maximum atomic E-state index is 12.7. The molecule has 0 unspecified atom stereocenters. The van der Waals surface area contributed by atoms with E-state index in [0.717, 1.165) is 21.8 Å². The van der Waals surface area contributed by atoms with Crippen molar-refractivity contribution in [3.05, 3.63) is 57.4 Å². The number of methoxy groups -OCH3 is 1. The van der Waals surface area contributed by atoms with Crippen molar-refractivity contribution < 1.29 is 19.1 Å². The first-order valence-corrected chi connectivity index (χ1v) is 9.89. The maximum absolute atomic E-state index is 12.7. The minimum absolute atomic E-state index is 0.000905. The van der Waals surface area contributed by atoms with Crippen LogP contribution < -0.4 is 14.4 Å². The number of ether oxygens (including phenoxy) is 2. The van der Waals surface area contributed by atoms with Crippen molar-refractivity contribution in [2.75, 3.05) is 12.0 Å². The van der Waals surface area contributed by atoms with E-state index in [1.165, 1.54) is 4.90 Å². The molecule has 5 nitrogen and oxygen atoms in total. The van der Waals surface area contributed by atoms with E-state index in [9.17, 15) is 9.59 Å². The number of imide groups is 1. The standard InChI is InChI=1S/C20H18BrNO4S/c1-12(2)26-17-11-15(21)13(9-16(17)25-3)10-18-19(23)22(20(24)27-18)14-7-5-4-6-8-14/h4-12H,1-3H3/b18-10+. The number of amides is 2. The molecule has 2 aromatic rings. The molecule has 0 aliphatic carbocycles. The van der Waals surface area contributed by atoms with Crippen LogP contribution in [0.15, 0.2) is 51.8 Å². The molecule has 3 rings (SSSR count). The number of halogens is 1. The Labute approximate surface area is 170 Å². The van der Waals surface area contributed by atoms with Crippen LogP contribution in [0, 0.1) is 0 Å². The van der Waals surface area contributed by atoms with E-state index in [-0.39, 0.29) is 17.3 Å². The van der Waals surface area contributed by atoms with Gasteiger partial charge in [0.15, 0.2) is 11.5 Å². The lowest BCUT2D eigenvalue weighted by atomic mass is 10.1. The predicted octanol–water partition coefficient (Wildman–Crippen LogP) is 5.49. The summed E-state index contributed by atoms with van der Waals surface area (Å²) in [5.74, 6) is 0.818. The lowest BCUT2D eigenvalue weighted by Crippen LogP contribution is -2.27. The van der Waals surface area contributed by atoms with Crippen LogP contribution in [-0.4, -0.2) is 24.4 Å². The second-order valence-corrected chi connectivity index (χ2v) is 7.89. The fourth-order valence-corrected chi connectivity index (χ4v) is 3.84. The minimum Gasteiger partial charge on any atom is -0.493 e. The van der Waals surface area contributed by atoms with E-state index in [4.69, 9.17) is 9.47 Å². The summed E-state index contributed by atoms with van der Waals surface area (Å²) in [6.45, 7) is 3.86. The number of carbonyl (C=O) groups excluding carboxylic acids is 2. The summed E-state index contributed by atoms with van der Waals surface area (Å²) in [5.41, 5.74) is 1.28. The van der Waals surface area contributed by atoms with Gasteiger partial charge in [-0.25, -0.2) is 4.90 Å². The molecule has 0 spiro atoms. The Morgan fingerprint density at radius 3 is 2.44 bits per heavy atom. The fraction of sp³-hybridized carbons (Fsp3) is 0.200. The number of thioether (sulfide) groups is 1. The summed E-state index contributed by atoms with van der Waals surface area (Å²) in [6.07, 6.45) is 1.68. The van der Waals surface area contributed by atoms with Crippen LogP contribution in [0.5, 0.6) is 11.5 Å². The Bertz CT molecular complexity index is 912. The number of carbonyl (C=O) groups is 2. The summed E-state index contributed by atoms with van der Waals surface area (Å²) in [6, 6.07) is 12.5. The third-order valence-electron chi connectivity index (χ3n) is 3.74. The van der Waals surface area contributed by atoms with Gasteiger partial charge in [-0.2, -0.15) is 0 Å². The van der Waals surface area contributed by atoms with Crippen LogP contribution in [0.2, 0.25) is 0 Å². The summed E-state index contributed by atoms with van der Waals surface area (Å²) < 4.78 is 11.9. The number of benzene rings is 2. The number of rotatable bonds is 5. The SMILES string of the molecule is COc1cc(/C=C2/SC(=O)N(c3ccccc3)C2=O)c(Br)cc1OC(C)C. The lowest BCUT2D eigenvalue weighted by molar-refractivity contribution is -0.113. The van der Waals surface area contributed by atoms with Crippen LogP contribution in [0.3, 0.4) is 0 Å². The molecule has 0 atom stereocenters. The molecule has 1 heterocycles. The van der Waals surface area contributed by atoms with E-state index in [2.05, 4.69) is 15.9 Å². The van der Waals surface area contributed by atoms with Crippen molar-refractivity contribution >= 4 is 50.6 Å². The number of para-hydroxylation sites is 1. The fourth-order valence-electron chi connectivity index (χ4n) is 2.58. The van der Waals surface area contributed by atoms with Gasteiger partial charge in [-0.05, 0) is 61.5 Å². The molecule has 27 heavy (non-hydrogen) atoms. The van der Waals surface area contributed by atoms with Crippen LogP contribution in [0.4, 0.5) is 10.5 Å². The summed E-state index contributed by atoms with van der Waals surface area (Å²) in [4.78, 5) is 26.6. The molecule has 1 fully saturated rings. The average molecular weight is 448 g/mol. The second-order valence-electron chi connectivity index (χ2n) is 6.04. The van der Waals surface area contributed by atoms with Gasteiger partial charge in [0.1, 0.15) is 0 Å². The van der Waals surface area contributed by atoms with Crippen molar-refractivity contribution in [1.82, 2.24) is 0 Å². The van der Waals surface area contributed by atoms with Gasteiger partial charge in [0.25, 0.3) is 11.1 Å². The van der Waals surface area contributed by atoms with E-state index < -0.39 is 0 Å². The molecular weight excluding hydrogens is 430 g/mol. The van der Waals surface area contributed by atoms with Crippen molar-refractivity contribution in [3.8, 4) is 11.5 Å². The van der Waals surface area contributed by atoms with Gasteiger partial charge in [-0.1, -0.05) is 34.1 Å². The highest BCUT2D eigenvalue weighted by Crippen LogP contribution is 2.39. The van der Waals surface area contributed by atoms with Gasteiger partial charge < -0.3 is 9.47 Å². The zero-order valence-corrected chi connectivity index (χ0v) is 17.5. The molecule has 1 aliphatic heterocycles. The molecule has 0 bridgehead atoms. The summed E-state index contributed by atoms with van der Waals surface area (Å²) in [7, 11) is 1.56. The van der Waals surface area contributed by atoms with E-state index in [1.54, 1.807) is 49.6 Å². The largest absolute Gasteiger partial charge is 0.493 e. The van der Waals surface area contributed by atoms with Gasteiger partial charge in [-0.3, -0.25) is 9.59 Å². The molecular formula is C20H18BrNO4S. The first-order valence-electron chi connectivity index (χ1n) is 8.28. The van der Waals surface area contributed by atoms with Crippen LogP contribution in [0.1, 0.15) is 19.4 Å². The molecule has 1 saturated heterocycles. The Balaban J connectivity index is 1.95. The molecule has 0 N–H and O–H groups in total. The number of anilines is 1. The smallest absolute Gasteiger partial charge is 0.298 e. The van der Waals surface area contributed by atoms with Crippen molar-refractivity contribution in [1.29, 1.82) is 0 Å². The molecule has 1 aliphatic rings. The molecule has 140 valence electrons. The minimum atomic E-state index is -0.343. The van der Waals surface area contributed by atoms with Gasteiger partial charge in [0.2, 0.25) is 0 Å². The first kappa shape index (κ1) is 19.5. The maximum Gasteiger partial charge on any atom is 0.298 e. The Morgan fingerprint density at radius 2 is 1.81 bits per heavy atom. The van der Waals surface area contributed by atoms with Crippen molar-refractivity contribution in [2.24, 2.45) is 0 Å². The molecule has 0 aromatic heterocycles. The van der Waals surface area contributed by atoms with Gasteiger partial charge in [0.05, 0.1) is 23.8 Å². The normalized spacial score (nSPS) is 15.7. The first-order chi connectivity index (χ1) is 12.9. The van der Waals surface area contributed by atoms with Crippen LogP contribution >= 0.6 is 27.7 Å². The highest BCUT2D eigenvalue weighted by Gasteiger charge is 2.36. The van der Waals surface area contributed by atoms with Gasteiger partial charge in [0, 0.05) is 4.47 Å². The lowest BCUT2D eigenvalue weighted by Gasteiger charge is -2.15. The van der Waals surface area contributed by atoms with Gasteiger partial charge >= 0.3 is 0 Å². The topological polar surface area (TPSA) is 55.8 Å². The quantitative estimate of drug-likeness (QED) is 0.567. The van der Waals surface area contributed by atoms with E-state index >= 15 is 0 Å². The number of nitrogens with zero attached hydrogens (tertiary/aromatic N) is 1. The van der Waals surface area contributed by atoms with Crippen LogP contribution in [-0.2, 0) is 4.79 Å². The zero-order chi connectivity index (χ0) is 19.6. The summed E-state index contributed by atoms with van der Waals surface area (Å²) >= 11 is 4.42. The number of hydrogen-bond donors (Lipinski definition) is 0. The highest BCUT2D eigenvalue weighted by molar-refractivity contribution is 9.10. The summed E-state index contributed by atoms with van der Waals surface area (Å²) in [5, 5.41) is -0.319. The van der Waals surface area contributed by atoms with Gasteiger partial charge in [-0.15, -0.1) is 0 Å². The second kappa shape index (κ2) is 8.19. The van der Waals surface area contributed by atoms with E-state index in [1.807, 2.05) is 19.9 Å². The Hall–Kier alpha value is -2.25. The highest BCUT2D eigenvalue weighted by atomic mass is 79.9. The predicted molar refractivity (Wildman–Crippen MR) is 111 cm³/mol. The van der Waals surface area contributed by atoms with Crippen LogP contribution in [0.25, 0.3) is 6.08 Å². The Morgan fingerprint density at radius 1 is 1.11 bits per heavy atom. The third kappa shape index (κ3) is 4.20.